The third kappa shape index (κ3) is 4.91. The van der Waals surface area contributed by atoms with Crippen molar-refractivity contribution in [3.63, 3.8) is 0 Å². The van der Waals surface area contributed by atoms with Crippen molar-refractivity contribution in [2.24, 2.45) is 0 Å². The minimum Gasteiger partial charge on any atom is -0.298 e. The van der Waals surface area contributed by atoms with Crippen LogP contribution in [0, 0.1) is 6.92 Å². The summed E-state index contributed by atoms with van der Waals surface area (Å²) in [5.74, 6) is 0.999. The van der Waals surface area contributed by atoms with E-state index >= 15 is 0 Å². The summed E-state index contributed by atoms with van der Waals surface area (Å²) >= 11 is 3.46. The largest absolute Gasteiger partial charge is 0.298 e. The van der Waals surface area contributed by atoms with Crippen molar-refractivity contribution in [2.45, 2.75) is 71.0 Å². The molecule has 1 aliphatic heterocycles. The molecule has 0 spiro atoms. The number of rotatable bonds is 9. The molecule has 1 aromatic carbocycles. The van der Waals surface area contributed by atoms with Crippen molar-refractivity contribution < 1.29 is 0 Å². The Hall–Kier alpha value is -1.63. The van der Waals surface area contributed by atoms with Crippen LogP contribution in [-0.2, 0) is 13.0 Å². The third-order valence-corrected chi connectivity index (χ3v) is 8.12. The lowest BCUT2D eigenvalue weighted by atomic mass is 10.1. The van der Waals surface area contributed by atoms with Gasteiger partial charge in [0.25, 0.3) is 5.56 Å². The fourth-order valence-electron chi connectivity index (χ4n) is 4.29. The SMILES string of the molecule is CCCCCCSc1nc2sc3c(c2c(=O)n1-c1ccc(C)cc1)CCN(CCC)C3. The molecule has 0 aliphatic carbocycles. The van der Waals surface area contributed by atoms with E-state index in [0.29, 0.717) is 0 Å². The number of benzene rings is 1. The van der Waals surface area contributed by atoms with Crippen LogP contribution in [-0.4, -0.2) is 33.3 Å². The molecular weight excluding hydrogens is 422 g/mol. The third-order valence-electron chi connectivity index (χ3n) is 5.98. The van der Waals surface area contributed by atoms with E-state index in [0.717, 1.165) is 65.7 Å². The van der Waals surface area contributed by atoms with Crippen molar-refractivity contribution in [3.05, 3.63) is 50.6 Å². The molecule has 6 heteroatoms. The molecule has 0 amide bonds. The van der Waals surface area contributed by atoms with Gasteiger partial charge in [0.2, 0.25) is 0 Å². The summed E-state index contributed by atoms with van der Waals surface area (Å²) in [5.41, 5.74) is 3.46. The van der Waals surface area contributed by atoms with Gasteiger partial charge in [0.15, 0.2) is 5.16 Å². The van der Waals surface area contributed by atoms with Crippen LogP contribution in [0.5, 0.6) is 0 Å². The lowest BCUT2D eigenvalue weighted by Crippen LogP contribution is -2.31. The van der Waals surface area contributed by atoms with Gasteiger partial charge >= 0.3 is 0 Å². The monoisotopic (exact) mass is 455 g/mol. The second-order valence-electron chi connectivity index (χ2n) is 8.49. The van der Waals surface area contributed by atoms with Crippen LogP contribution in [0.25, 0.3) is 15.9 Å². The number of nitrogens with zero attached hydrogens (tertiary/aromatic N) is 3. The maximum Gasteiger partial charge on any atom is 0.267 e. The second kappa shape index (κ2) is 10.3. The first-order valence-electron chi connectivity index (χ1n) is 11.6. The Kier molecular flexibility index (Phi) is 7.51. The summed E-state index contributed by atoms with van der Waals surface area (Å²) in [6, 6.07) is 8.25. The van der Waals surface area contributed by atoms with Gasteiger partial charge in [0.1, 0.15) is 4.83 Å². The zero-order valence-corrected chi connectivity index (χ0v) is 20.6. The first-order valence-corrected chi connectivity index (χ1v) is 13.4. The molecule has 3 heterocycles. The van der Waals surface area contributed by atoms with Gasteiger partial charge in [0.05, 0.1) is 11.1 Å². The van der Waals surface area contributed by atoms with E-state index in [4.69, 9.17) is 4.98 Å². The average molecular weight is 456 g/mol. The number of thioether (sulfide) groups is 1. The first-order chi connectivity index (χ1) is 15.1. The molecule has 0 N–H and O–H groups in total. The van der Waals surface area contributed by atoms with Gasteiger partial charge in [-0.05, 0) is 50.4 Å². The van der Waals surface area contributed by atoms with Gasteiger partial charge in [-0.2, -0.15) is 0 Å². The maximum absolute atomic E-state index is 13.8. The Labute approximate surface area is 193 Å². The average Bonchev–Trinajstić information content (AvgIpc) is 3.13. The molecule has 0 fully saturated rings. The van der Waals surface area contributed by atoms with Gasteiger partial charge in [-0.1, -0.05) is 62.6 Å². The smallest absolute Gasteiger partial charge is 0.267 e. The Morgan fingerprint density at radius 2 is 1.90 bits per heavy atom. The maximum atomic E-state index is 13.8. The Morgan fingerprint density at radius 3 is 2.65 bits per heavy atom. The minimum atomic E-state index is 0.103. The van der Waals surface area contributed by atoms with Crippen molar-refractivity contribution in [3.8, 4) is 5.69 Å². The molecule has 0 radical (unpaired) electrons. The van der Waals surface area contributed by atoms with Crippen LogP contribution in [0.3, 0.4) is 0 Å². The minimum absolute atomic E-state index is 0.103. The molecule has 0 saturated heterocycles. The van der Waals surface area contributed by atoms with Crippen LogP contribution in [0.1, 0.15) is 62.0 Å². The van der Waals surface area contributed by atoms with Gasteiger partial charge in [-0.3, -0.25) is 14.3 Å². The molecule has 4 nitrogen and oxygen atoms in total. The molecule has 0 bridgehead atoms. The summed E-state index contributed by atoms with van der Waals surface area (Å²) in [4.78, 5) is 23.6. The molecule has 1 aliphatic rings. The van der Waals surface area contributed by atoms with Crippen molar-refractivity contribution >= 4 is 33.3 Å². The molecule has 3 aromatic rings. The zero-order valence-electron chi connectivity index (χ0n) is 18.9. The van der Waals surface area contributed by atoms with E-state index in [1.54, 1.807) is 23.1 Å². The highest BCUT2D eigenvalue weighted by Crippen LogP contribution is 2.34. The van der Waals surface area contributed by atoms with E-state index < -0.39 is 0 Å². The Morgan fingerprint density at radius 1 is 1.10 bits per heavy atom. The first kappa shape index (κ1) is 22.6. The molecular formula is C25H33N3OS2. The Bertz CT molecular complexity index is 1080. The normalized spacial score (nSPS) is 14.3. The topological polar surface area (TPSA) is 38.1 Å². The van der Waals surface area contributed by atoms with Crippen LogP contribution in [0.4, 0.5) is 0 Å². The quantitative estimate of drug-likeness (QED) is 0.219. The van der Waals surface area contributed by atoms with Crippen molar-refractivity contribution in [2.75, 3.05) is 18.8 Å². The number of hydrogen-bond acceptors (Lipinski definition) is 5. The van der Waals surface area contributed by atoms with E-state index in [1.807, 2.05) is 16.7 Å². The fourth-order valence-corrected chi connectivity index (χ4v) is 6.61. The molecule has 0 atom stereocenters. The van der Waals surface area contributed by atoms with Crippen LogP contribution < -0.4 is 5.56 Å². The highest BCUT2D eigenvalue weighted by molar-refractivity contribution is 7.99. The van der Waals surface area contributed by atoms with E-state index in [9.17, 15) is 4.79 Å². The standard InChI is InChI=1S/C25H33N3OS2/c1-4-6-7-8-16-30-25-26-23-22(20-13-15-27(14-5-2)17-21(20)31-23)24(29)28(25)19-11-9-18(3)10-12-19/h9-12H,4-8,13-17H2,1-3H3. The zero-order chi connectivity index (χ0) is 21.8. The number of aromatic nitrogens is 2. The lowest BCUT2D eigenvalue weighted by Gasteiger charge is -2.26. The van der Waals surface area contributed by atoms with E-state index in [-0.39, 0.29) is 5.56 Å². The summed E-state index contributed by atoms with van der Waals surface area (Å²) in [6.45, 7) is 9.64. The number of hydrogen-bond donors (Lipinski definition) is 0. The number of thiophene rings is 1. The highest BCUT2D eigenvalue weighted by Gasteiger charge is 2.25. The van der Waals surface area contributed by atoms with Gasteiger partial charge < -0.3 is 0 Å². The van der Waals surface area contributed by atoms with E-state index in [1.165, 1.54) is 35.3 Å². The highest BCUT2D eigenvalue weighted by atomic mass is 32.2. The number of aryl methyl sites for hydroxylation is 1. The summed E-state index contributed by atoms with van der Waals surface area (Å²) < 4.78 is 1.86. The number of unbranched alkanes of at least 4 members (excludes halogenated alkanes) is 3. The van der Waals surface area contributed by atoms with Crippen LogP contribution >= 0.6 is 23.1 Å². The van der Waals surface area contributed by atoms with Gasteiger partial charge in [-0.15, -0.1) is 11.3 Å². The second-order valence-corrected chi connectivity index (χ2v) is 10.6. The summed E-state index contributed by atoms with van der Waals surface area (Å²) in [5, 5.41) is 1.69. The van der Waals surface area contributed by atoms with E-state index in [2.05, 4.69) is 37.8 Å². The molecule has 0 unspecified atom stereocenters. The number of fused-ring (bicyclic) bond motifs is 3. The molecule has 0 saturated carbocycles. The summed E-state index contributed by atoms with van der Waals surface area (Å²) in [6.07, 6.45) is 7.01. The molecule has 166 valence electrons. The Balaban J connectivity index is 1.76. The molecule has 31 heavy (non-hydrogen) atoms. The summed E-state index contributed by atoms with van der Waals surface area (Å²) in [7, 11) is 0. The predicted molar refractivity (Wildman–Crippen MR) is 134 cm³/mol. The van der Waals surface area contributed by atoms with Gasteiger partial charge in [0, 0.05) is 23.7 Å². The fraction of sp³-hybridized carbons (Fsp3) is 0.520. The van der Waals surface area contributed by atoms with Crippen LogP contribution in [0.15, 0.2) is 34.2 Å². The predicted octanol–water partition coefficient (Wildman–Crippen LogP) is 6.20. The van der Waals surface area contributed by atoms with Crippen molar-refractivity contribution in [1.29, 1.82) is 0 Å². The molecule has 2 aromatic heterocycles. The van der Waals surface area contributed by atoms with Crippen molar-refractivity contribution in [1.82, 2.24) is 14.5 Å². The lowest BCUT2D eigenvalue weighted by molar-refractivity contribution is 0.258. The molecule has 4 rings (SSSR count). The van der Waals surface area contributed by atoms with Gasteiger partial charge in [-0.25, -0.2) is 4.98 Å². The van der Waals surface area contributed by atoms with Crippen LogP contribution in [0.2, 0.25) is 0 Å².